The fourth-order valence-electron chi connectivity index (χ4n) is 2.52. The number of halogens is 1. The molecular formula is C15H21FN2. The quantitative estimate of drug-likeness (QED) is 0.821. The molecular weight excluding hydrogens is 227 g/mol. The molecule has 1 aromatic heterocycles. The van der Waals surface area contributed by atoms with Gasteiger partial charge in [0.05, 0.1) is 11.7 Å². The third-order valence-corrected chi connectivity index (χ3v) is 3.42. The molecule has 1 unspecified atom stereocenters. The Labute approximate surface area is 108 Å². The average molecular weight is 248 g/mol. The number of allylic oxidation sites excluding steroid dienone is 1. The van der Waals surface area contributed by atoms with Gasteiger partial charge < -0.3 is 5.32 Å². The maximum atomic E-state index is 13.9. The molecule has 2 nitrogen and oxygen atoms in total. The fourth-order valence-corrected chi connectivity index (χ4v) is 2.52. The molecule has 1 atom stereocenters. The smallest absolute Gasteiger partial charge is 0.146 e. The van der Waals surface area contributed by atoms with Gasteiger partial charge in [-0.2, -0.15) is 0 Å². The summed E-state index contributed by atoms with van der Waals surface area (Å²) in [4.78, 5) is 4.22. The maximum absolute atomic E-state index is 13.9. The molecule has 18 heavy (non-hydrogen) atoms. The van der Waals surface area contributed by atoms with Crippen molar-refractivity contribution in [2.24, 2.45) is 0 Å². The predicted octanol–water partition coefficient (Wildman–Crippen LogP) is 3.76. The maximum Gasteiger partial charge on any atom is 0.146 e. The van der Waals surface area contributed by atoms with E-state index in [9.17, 15) is 4.39 Å². The third kappa shape index (κ3) is 3.16. The molecule has 98 valence electrons. The van der Waals surface area contributed by atoms with Crippen LogP contribution in [-0.4, -0.2) is 11.5 Å². The molecule has 1 heterocycles. The van der Waals surface area contributed by atoms with Gasteiger partial charge in [0.15, 0.2) is 0 Å². The highest BCUT2D eigenvalue weighted by Crippen LogP contribution is 2.29. The minimum Gasteiger partial charge on any atom is -0.305 e. The Morgan fingerprint density at radius 1 is 1.39 bits per heavy atom. The van der Waals surface area contributed by atoms with Crippen LogP contribution in [0.4, 0.5) is 4.39 Å². The van der Waals surface area contributed by atoms with E-state index in [1.807, 2.05) is 6.92 Å². The molecule has 1 aliphatic rings. The van der Waals surface area contributed by atoms with Gasteiger partial charge in [0.2, 0.25) is 0 Å². The summed E-state index contributed by atoms with van der Waals surface area (Å²) in [5.74, 6) is -0.214. The van der Waals surface area contributed by atoms with E-state index >= 15 is 0 Å². The third-order valence-electron chi connectivity index (χ3n) is 3.42. The lowest BCUT2D eigenvalue weighted by Crippen LogP contribution is -2.24. The summed E-state index contributed by atoms with van der Waals surface area (Å²) in [6.07, 6.45) is 9.80. The highest BCUT2D eigenvalue weighted by atomic mass is 19.1. The highest BCUT2D eigenvalue weighted by molar-refractivity contribution is 5.24. The van der Waals surface area contributed by atoms with Crippen LogP contribution in [-0.2, 0) is 0 Å². The summed E-state index contributed by atoms with van der Waals surface area (Å²) in [5.41, 5.74) is 1.83. The van der Waals surface area contributed by atoms with E-state index in [0.29, 0.717) is 5.69 Å². The van der Waals surface area contributed by atoms with Crippen LogP contribution in [0.2, 0.25) is 0 Å². The number of nitrogens with zero attached hydrogens (tertiary/aromatic N) is 1. The molecule has 0 saturated carbocycles. The largest absolute Gasteiger partial charge is 0.305 e. The summed E-state index contributed by atoms with van der Waals surface area (Å²) in [6, 6.07) is 3.07. The summed E-state index contributed by atoms with van der Waals surface area (Å²) in [5, 5.41) is 3.37. The first-order valence-electron chi connectivity index (χ1n) is 6.85. The van der Waals surface area contributed by atoms with Crippen LogP contribution in [0.25, 0.3) is 0 Å². The lowest BCUT2D eigenvalue weighted by Gasteiger charge is -2.21. The normalized spacial score (nSPS) is 18.0. The van der Waals surface area contributed by atoms with Crippen LogP contribution in [0.3, 0.4) is 0 Å². The van der Waals surface area contributed by atoms with Crippen molar-refractivity contribution >= 4 is 0 Å². The van der Waals surface area contributed by atoms with Crippen LogP contribution in [0.5, 0.6) is 0 Å². The highest BCUT2D eigenvalue weighted by Gasteiger charge is 2.20. The molecule has 2 rings (SSSR count). The van der Waals surface area contributed by atoms with Crippen molar-refractivity contribution in [1.82, 2.24) is 10.3 Å². The number of likely N-dealkylation sites (N-methyl/N-ethyl adjacent to an activating group) is 1. The van der Waals surface area contributed by atoms with Crippen molar-refractivity contribution in [2.45, 2.75) is 45.1 Å². The SMILES string of the molecule is CCNC(C1=CCCCCC1)c1ncccc1F. The predicted molar refractivity (Wildman–Crippen MR) is 71.8 cm³/mol. The summed E-state index contributed by atoms with van der Waals surface area (Å²) >= 11 is 0. The molecule has 1 aromatic rings. The van der Waals surface area contributed by atoms with Crippen molar-refractivity contribution in [3.8, 4) is 0 Å². The van der Waals surface area contributed by atoms with Crippen molar-refractivity contribution in [3.63, 3.8) is 0 Å². The summed E-state index contributed by atoms with van der Waals surface area (Å²) < 4.78 is 13.9. The number of hydrogen-bond acceptors (Lipinski definition) is 2. The van der Waals surface area contributed by atoms with Gasteiger partial charge >= 0.3 is 0 Å². The summed E-state index contributed by atoms with van der Waals surface area (Å²) in [7, 11) is 0. The lowest BCUT2D eigenvalue weighted by atomic mass is 9.98. The van der Waals surface area contributed by atoms with Crippen LogP contribution in [0.1, 0.15) is 50.8 Å². The van der Waals surface area contributed by atoms with E-state index in [1.54, 1.807) is 12.3 Å². The van der Waals surface area contributed by atoms with Crippen LogP contribution >= 0.6 is 0 Å². The van der Waals surface area contributed by atoms with Crippen LogP contribution in [0.15, 0.2) is 30.0 Å². The number of pyridine rings is 1. The molecule has 0 radical (unpaired) electrons. The zero-order chi connectivity index (χ0) is 12.8. The van der Waals surface area contributed by atoms with Crippen molar-refractivity contribution in [3.05, 3.63) is 41.5 Å². The second-order valence-electron chi connectivity index (χ2n) is 4.74. The number of nitrogens with one attached hydrogen (secondary N) is 1. The molecule has 1 N–H and O–H groups in total. The minimum atomic E-state index is -0.214. The van der Waals surface area contributed by atoms with Gasteiger partial charge in [-0.1, -0.05) is 25.0 Å². The first-order valence-corrected chi connectivity index (χ1v) is 6.85. The van der Waals surface area contributed by atoms with E-state index in [4.69, 9.17) is 0 Å². The van der Waals surface area contributed by atoms with Gasteiger partial charge in [-0.3, -0.25) is 4.98 Å². The second kappa shape index (κ2) is 6.64. The van der Waals surface area contributed by atoms with Gasteiger partial charge in [0.1, 0.15) is 5.82 Å². The van der Waals surface area contributed by atoms with Crippen LogP contribution < -0.4 is 5.32 Å². The number of hydrogen-bond donors (Lipinski definition) is 1. The van der Waals surface area contributed by atoms with Crippen LogP contribution in [0, 0.1) is 5.82 Å². The number of aromatic nitrogens is 1. The molecule has 0 fully saturated rings. The molecule has 0 aliphatic heterocycles. The first-order chi connectivity index (χ1) is 8.83. The zero-order valence-electron chi connectivity index (χ0n) is 11.0. The van der Waals surface area contributed by atoms with Gasteiger partial charge in [-0.25, -0.2) is 4.39 Å². The van der Waals surface area contributed by atoms with Gasteiger partial charge in [0.25, 0.3) is 0 Å². The topological polar surface area (TPSA) is 24.9 Å². The first kappa shape index (κ1) is 13.2. The Bertz CT molecular complexity index is 415. The van der Waals surface area contributed by atoms with E-state index < -0.39 is 0 Å². The molecule has 0 aromatic carbocycles. The number of rotatable bonds is 4. The van der Waals surface area contributed by atoms with E-state index in [-0.39, 0.29) is 11.9 Å². The Balaban J connectivity index is 2.27. The van der Waals surface area contributed by atoms with Gasteiger partial charge in [-0.15, -0.1) is 0 Å². The van der Waals surface area contributed by atoms with E-state index in [1.165, 1.54) is 30.9 Å². The van der Waals surface area contributed by atoms with E-state index in [0.717, 1.165) is 19.4 Å². The Morgan fingerprint density at radius 2 is 2.28 bits per heavy atom. The van der Waals surface area contributed by atoms with Crippen molar-refractivity contribution in [2.75, 3.05) is 6.54 Å². The van der Waals surface area contributed by atoms with E-state index in [2.05, 4.69) is 16.4 Å². The Morgan fingerprint density at radius 3 is 3.06 bits per heavy atom. The fraction of sp³-hybridized carbons (Fsp3) is 0.533. The molecule has 0 spiro atoms. The standard InChI is InChI=1S/C15H21FN2/c1-2-17-14(12-8-5-3-4-6-9-12)15-13(16)10-7-11-18-15/h7-8,10-11,14,17H,2-6,9H2,1H3. The molecule has 1 aliphatic carbocycles. The molecule has 3 heteroatoms. The lowest BCUT2D eigenvalue weighted by molar-refractivity contribution is 0.525. The minimum absolute atomic E-state index is 0.0608. The molecule has 0 saturated heterocycles. The monoisotopic (exact) mass is 248 g/mol. The summed E-state index contributed by atoms with van der Waals surface area (Å²) in [6.45, 7) is 2.86. The second-order valence-corrected chi connectivity index (χ2v) is 4.74. The van der Waals surface area contributed by atoms with Gasteiger partial charge in [0, 0.05) is 6.20 Å². The average Bonchev–Trinajstić information content (AvgIpc) is 2.66. The zero-order valence-corrected chi connectivity index (χ0v) is 11.0. The Kier molecular flexibility index (Phi) is 4.88. The molecule has 0 bridgehead atoms. The van der Waals surface area contributed by atoms with Gasteiger partial charge in [-0.05, 0) is 44.4 Å². The Hall–Kier alpha value is -1.22. The molecule has 0 amide bonds. The van der Waals surface area contributed by atoms with Crippen molar-refractivity contribution in [1.29, 1.82) is 0 Å². The van der Waals surface area contributed by atoms with Crippen molar-refractivity contribution < 1.29 is 4.39 Å².